The number of esters is 1. The number of piperidine rings is 1. The standard InChI is InChI=1S/C11H17N3O3/c1-2-16-11(15)9-3-5-14(6-4-9)7-10-12-8-17-13-10/h8-9H,2-7H2,1H3. The Hall–Kier alpha value is -1.43. The fourth-order valence-corrected chi connectivity index (χ4v) is 2.05. The van der Waals surface area contributed by atoms with Gasteiger partial charge in [-0.2, -0.15) is 4.98 Å². The van der Waals surface area contributed by atoms with Gasteiger partial charge in [-0.05, 0) is 32.9 Å². The minimum atomic E-state index is -0.0632. The van der Waals surface area contributed by atoms with Gasteiger partial charge in [-0.1, -0.05) is 5.16 Å². The van der Waals surface area contributed by atoms with Crippen molar-refractivity contribution in [1.82, 2.24) is 15.0 Å². The Morgan fingerprint density at radius 2 is 2.35 bits per heavy atom. The molecular formula is C11H17N3O3. The number of carbonyl (C=O) groups is 1. The van der Waals surface area contributed by atoms with E-state index >= 15 is 0 Å². The van der Waals surface area contributed by atoms with Gasteiger partial charge in [0.15, 0.2) is 5.82 Å². The van der Waals surface area contributed by atoms with Crippen LogP contribution in [0.25, 0.3) is 0 Å². The summed E-state index contributed by atoms with van der Waals surface area (Å²) in [6.45, 7) is 4.73. The molecule has 1 saturated heterocycles. The second-order valence-electron chi connectivity index (χ2n) is 4.15. The molecular weight excluding hydrogens is 222 g/mol. The highest BCUT2D eigenvalue weighted by Crippen LogP contribution is 2.19. The molecule has 1 fully saturated rings. The van der Waals surface area contributed by atoms with Gasteiger partial charge in [-0.15, -0.1) is 0 Å². The molecule has 0 bridgehead atoms. The molecule has 1 aromatic rings. The maximum absolute atomic E-state index is 11.5. The molecule has 94 valence electrons. The van der Waals surface area contributed by atoms with Crippen molar-refractivity contribution in [3.05, 3.63) is 12.2 Å². The first-order valence-electron chi connectivity index (χ1n) is 5.94. The van der Waals surface area contributed by atoms with Gasteiger partial charge in [0.05, 0.1) is 19.1 Å². The first kappa shape index (κ1) is 12.0. The number of hydrogen-bond acceptors (Lipinski definition) is 6. The third-order valence-electron chi connectivity index (χ3n) is 2.98. The van der Waals surface area contributed by atoms with E-state index in [1.54, 1.807) is 0 Å². The predicted molar refractivity (Wildman–Crippen MR) is 58.9 cm³/mol. The number of rotatable bonds is 4. The number of aromatic nitrogens is 2. The second-order valence-corrected chi connectivity index (χ2v) is 4.15. The normalized spacial score (nSPS) is 18.2. The van der Waals surface area contributed by atoms with E-state index in [4.69, 9.17) is 4.74 Å². The van der Waals surface area contributed by atoms with E-state index in [0.717, 1.165) is 25.9 Å². The minimum Gasteiger partial charge on any atom is -0.466 e. The van der Waals surface area contributed by atoms with Gasteiger partial charge in [-0.3, -0.25) is 9.69 Å². The highest BCUT2D eigenvalue weighted by molar-refractivity contribution is 5.72. The minimum absolute atomic E-state index is 0.0523. The van der Waals surface area contributed by atoms with Crippen LogP contribution in [-0.2, 0) is 16.1 Å². The number of likely N-dealkylation sites (tertiary alicyclic amines) is 1. The summed E-state index contributed by atoms with van der Waals surface area (Å²) in [7, 11) is 0. The Kier molecular flexibility index (Phi) is 4.08. The van der Waals surface area contributed by atoms with Crippen molar-refractivity contribution in [2.24, 2.45) is 5.92 Å². The van der Waals surface area contributed by atoms with Gasteiger partial charge in [0.25, 0.3) is 0 Å². The number of ether oxygens (including phenoxy) is 1. The van der Waals surface area contributed by atoms with Gasteiger partial charge in [0.1, 0.15) is 0 Å². The third-order valence-corrected chi connectivity index (χ3v) is 2.98. The highest BCUT2D eigenvalue weighted by atomic mass is 16.5. The fourth-order valence-electron chi connectivity index (χ4n) is 2.05. The lowest BCUT2D eigenvalue weighted by molar-refractivity contribution is -0.149. The van der Waals surface area contributed by atoms with E-state index in [2.05, 4.69) is 19.6 Å². The summed E-state index contributed by atoms with van der Waals surface area (Å²) in [6, 6.07) is 0. The molecule has 6 nitrogen and oxygen atoms in total. The monoisotopic (exact) mass is 239 g/mol. The molecule has 0 aliphatic carbocycles. The van der Waals surface area contributed by atoms with Crippen molar-refractivity contribution >= 4 is 5.97 Å². The van der Waals surface area contributed by atoms with Crippen LogP contribution in [0.15, 0.2) is 10.9 Å². The molecule has 6 heteroatoms. The van der Waals surface area contributed by atoms with E-state index in [-0.39, 0.29) is 11.9 Å². The first-order chi connectivity index (χ1) is 8.29. The summed E-state index contributed by atoms with van der Waals surface area (Å²) >= 11 is 0. The lowest BCUT2D eigenvalue weighted by Crippen LogP contribution is -2.36. The van der Waals surface area contributed by atoms with Crippen LogP contribution in [0.1, 0.15) is 25.6 Å². The molecule has 0 unspecified atom stereocenters. The molecule has 0 spiro atoms. The Morgan fingerprint density at radius 3 is 2.94 bits per heavy atom. The van der Waals surface area contributed by atoms with E-state index in [0.29, 0.717) is 19.0 Å². The molecule has 0 amide bonds. The lowest BCUT2D eigenvalue weighted by Gasteiger charge is -2.29. The van der Waals surface area contributed by atoms with Crippen molar-refractivity contribution < 1.29 is 14.1 Å². The molecule has 0 N–H and O–H groups in total. The first-order valence-corrected chi connectivity index (χ1v) is 5.94. The van der Waals surface area contributed by atoms with E-state index in [1.807, 2.05) is 6.92 Å². The van der Waals surface area contributed by atoms with Gasteiger partial charge >= 0.3 is 5.97 Å². The largest absolute Gasteiger partial charge is 0.466 e. The molecule has 0 aromatic carbocycles. The second kappa shape index (κ2) is 5.77. The van der Waals surface area contributed by atoms with Crippen LogP contribution in [0.2, 0.25) is 0 Å². The zero-order valence-corrected chi connectivity index (χ0v) is 9.96. The summed E-state index contributed by atoms with van der Waals surface area (Å²) in [6.07, 6.45) is 3.02. The number of hydrogen-bond donors (Lipinski definition) is 0. The van der Waals surface area contributed by atoms with Crippen LogP contribution >= 0.6 is 0 Å². The van der Waals surface area contributed by atoms with Crippen LogP contribution in [0.5, 0.6) is 0 Å². The Bertz CT molecular complexity index is 345. The highest BCUT2D eigenvalue weighted by Gasteiger charge is 2.26. The SMILES string of the molecule is CCOC(=O)C1CCN(Cc2ncon2)CC1. The molecule has 0 atom stereocenters. The zero-order chi connectivity index (χ0) is 12.1. The van der Waals surface area contributed by atoms with Crippen LogP contribution < -0.4 is 0 Å². The van der Waals surface area contributed by atoms with Crippen LogP contribution in [-0.4, -0.2) is 40.7 Å². The van der Waals surface area contributed by atoms with E-state index in [1.165, 1.54) is 6.39 Å². The van der Waals surface area contributed by atoms with E-state index < -0.39 is 0 Å². The molecule has 0 saturated carbocycles. The summed E-state index contributed by atoms with van der Waals surface area (Å²) in [5.41, 5.74) is 0. The molecule has 0 radical (unpaired) electrons. The smallest absolute Gasteiger partial charge is 0.309 e. The van der Waals surface area contributed by atoms with Crippen molar-refractivity contribution in [1.29, 1.82) is 0 Å². The average Bonchev–Trinajstić information content (AvgIpc) is 2.83. The van der Waals surface area contributed by atoms with Crippen molar-refractivity contribution in [3.63, 3.8) is 0 Å². The molecule has 2 rings (SSSR count). The van der Waals surface area contributed by atoms with Crippen LogP contribution in [0, 0.1) is 5.92 Å². The summed E-state index contributed by atoms with van der Waals surface area (Å²) in [5.74, 6) is 0.683. The third kappa shape index (κ3) is 3.26. The lowest BCUT2D eigenvalue weighted by atomic mass is 9.97. The van der Waals surface area contributed by atoms with Gasteiger partial charge in [-0.25, -0.2) is 0 Å². The summed E-state index contributed by atoms with van der Waals surface area (Å²) in [5, 5.41) is 3.77. The van der Waals surface area contributed by atoms with Crippen molar-refractivity contribution in [2.45, 2.75) is 26.3 Å². The number of carbonyl (C=O) groups excluding carboxylic acids is 1. The quantitative estimate of drug-likeness (QED) is 0.725. The van der Waals surface area contributed by atoms with Gasteiger partial charge < -0.3 is 9.26 Å². The van der Waals surface area contributed by atoms with Crippen molar-refractivity contribution in [3.8, 4) is 0 Å². The number of nitrogens with zero attached hydrogens (tertiary/aromatic N) is 3. The molecule has 2 heterocycles. The van der Waals surface area contributed by atoms with Crippen LogP contribution in [0.4, 0.5) is 0 Å². The van der Waals surface area contributed by atoms with Gasteiger partial charge in [0.2, 0.25) is 6.39 Å². The Morgan fingerprint density at radius 1 is 1.59 bits per heavy atom. The van der Waals surface area contributed by atoms with Crippen molar-refractivity contribution in [2.75, 3.05) is 19.7 Å². The molecule has 1 aromatic heterocycles. The summed E-state index contributed by atoms with van der Waals surface area (Å²) < 4.78 is 9.71. The maximum Gasteiger partial charge on any atom is 0.309 e. The molecule has 1 aliphatic rings. The Balaban J connectivity index is 1.76. The topological polar surface area (TPSA) is 68.5 Å². The fraction of sp³-hybridized carbons (Fsp3) is 0.727. The molecule has 17 heavy (non-hydrogen) atoms. The average molecular weight is 239 g/mol. The Labute approximate surface area is 99.9 Å². The predicted octanol–water partition coefficient (Wildman–Crippen LogP) is 0.845. The maximum atomic E-state index is 11.5. The molecule has 1 aliphatic heterocycles. The zero-order valence-electron chi connectivity index (χ0n) is 9.96. The van der Waals surface area contributed by atoms with Crippen LogP contribution in [0.3, 0.4) is 0 Å². The van der Waals surface area contributed by atoms with Gasteiger partial charge in [0, 0.05) is 0 Å². The summed E-state index contributed by atoms with van der Waals surface area (Å²) in [4.78, 5) is 17.7. The van der Waals surface area contributed by atoms with E-state index in [9.17, 15) is 4.79 Å².